The monoisotopic (exact) mass is 367 g/mol. The standard InChI is InChI=1S/C16H18ClN3O3S/c1-9-7-11(5-6-12(9)17)23-8-13(21)19-16-18-10(2)14(24-16)15(22)20(3)4/h5-7H,8H2,1-4H3,(H,18,19,21). The van der Waals surface area contributed by atoms with Crippen LogP contribution in [0.2, 0.25) is 5.02 Å². The van der Waals surface area contributed by atoms with Crippen LogP contribution in [0.3, 0.4) is 0 Å². The molecule has 0 aliphatic rings. The molecule has 8 heteroatoms. The van der Waals surface area contributed by atoms with Crippen LogP contribution in [0.4, 0.5) is 5.13 Å². The molecule has 0 fully saturated rings. The second kappa shape index (κ2) is 7.63. The molecule has 24 heavy (non-hydrogen) atoms. The molecule has 0 aliphatic carbocycles. The van der Waals surface area contributed by atoms with Crippen molar-refractivity contribution in [3.63, 3.8) is 0 Å². The summed E-state index contributed by atoms with van der Waals surface area (Å²) in [6, 6.07) is 5.18. The number of carbonyl (C=O) groups is 2. The number of nitrogens with one attached hydrogen (secondary N) is 1. The number of hydrogen-bond acceptors (Lipinski definition) is 5. The first-order chi connectivity index (χ1) is 11.3. The van der Waals surface area contributed by atoms with Gasteiger partial charge in [0.15, 0.2) is 11.7 Å². The van der Waals surface area contributed by atoms with E-state index in [1.54, 1.807) is 39.2 Å². The maximum absolute atomic E-state index is 12.0. The molecular weight excluding hydrogens is 350 g/mol. The fraction of sp³-hybridized carbons (Fsp3) is 0.312. The summed E-state index contributed by atoms with van der Waals surface area (Å²) >= 11 is 7.09. The number of ether oxygens (including phenoxy) is 1. The SMILES string of the molecule is Cc1cc(OCC(=O)Nc2nc(C)c(C(=O)N(C)C)s2)ccc1Cl. The summed E-state index contributed by atoms with van der Waals surface area (Å²) in [5.41, 5.74) is 1.46. The number of benzene rings is 1. The number of anilines is 1. The number of carbonyl (C=O) groups excluding carboxylic acids is 2. The molecule has 0 bridgehead atoms. The molecule has 1 aromatic carbocycles. The summed E-state index contributed by atoms with van der Waals surface area (Å²) in [6.07, 6.45) is 0. The van der Waals surface area contributed by atoms with E-state index in [0.717, 1.165) is 16.9 Å². The molecule has 128 valence electrons. The average molecular weight is 368 g/mol. The van der Waals surface area contributed by atoms with Gasteiger partial charge in [0, 0.05) is 19.1 Å². The molecular formula is C16H18ClN3O3S. The number of aromatic nitrogens is 1. The molecule has 2 amide bonds. The molecule has 0 atom stereocenters. The lowest BCUT2D eigenvalue weighted by Gasteiger charge is -2.08. The predicted molar refractivity (Wildman–Crippen MR) is 95.2 cm³/mol. The van der Waals surface area contributed by atoms with Crippen molar-refractivity contribution in [3.05, 3.63) is 39.4 Å². The van der Waals surface area contributed by atoms with Gasteiger partial charge in [0.2, 0.25) is 0 Å². The first kappa shape index (κ1) is 18.2. The van der Waals surface area contributed by atoms with Crippen LogP contribution < -0.4 is 10.1 Å². The number of nitrogens with zero attached hydrogens (tertiary/aromatic N) is 2. The Morgan fingerprint density at radius 2 is 2.04 bits per heavy atom. The molecule has 0 saturated heterocycles. The van der Waals surface area contributed by atoms with Crippen molar-refractivity contribution in [2.75, 3.05) is 26.0 Å². The van der Waals surface area contributed by atoms with Crippen LogP contribution >= 0.6 is 22.9 Å². The molecule has 0 saturated carbocycles. The predicted octanol–water partition coefficient (Wildman–Crippen LogP) is 3.13. The minimum Gasteiger partial charge on any atom is -0.484 e. The summed E-state index contributed by atoms with van der Waals surface area (Å²) < 4.78 is 5.43. The van der Waals surface area contributed by atoms with Gasteiger partial charge in [-0.3, -0.25) is 14.9 Å². The molecule has 2 rings (SSSR count). The molecule has 0 unspecified atom stereocenters. The highest BCUT2D eigenvalue weighted by molar-refractivity contribution is 7.17. The summed E-state index contributed by atoms with van der Waals surface area (Å²) in [6.45, 7) is 3.43. The number of amides is 2. The third kappa shape index (κ3) is 4.46. The van der Waals surface area contributed by atoms with E-state index < -0.39 is 0 Å². The lowest BCUT2D eigenvalue weighted by atomic mass is 10.2. The zero-order chi connectivity index (χ0) is 17.9. The van der Waals surface area contributed by atoms with Crippen LogP contribution in [0.15, 0.2) is 18.2 Å². The Kier molecular flexibility index (Phi) is 5.80. The maximum atomic E-state index is 12.0. The zero-order valence-corrected chi connectivity index (χ0v) is 15.4. The van der Waals surface area contributed by atoms with Gasteiger partial charge in [0.1, 0.15) is 10.6 Å². The van der Waals surface area contributed by atoms with Crippen molar-refractivity contribution < 1.29 is 14.3 Å². The summed E-state index contributed by atoms with van der Waals surface area (Å²) in [7, 11) is 3.34. The van der Waals surface area contributed by atoms with Gasteiger partial charge in [-0.15, -0.1) is 0 Å². The van der Waals surface area contributed by atoms with Crippen molar-refractivity contribution >= 4 is 39.9 Å². The van der Waals surface area contributed by atoms with Gasteiger partial charge < -0.3 is 9.64 Å². The first-order valence-electron chi connectivity index (χ1n) is 7.16. The minimum absolute atomic E-state index is 0.140. The van der Waals surface area contributed by atoms with Gasteiger partial charge in [-0.1, -0.05) is 22.9 Å². The third-order valence-corrected chi connectivity index (χ3v) is 4.63. The van der Waals surface area contributed by atoms with E-state index in [9.17, 15) is 9.59 Å². The van der Waals surface area contributed by atoms with Gasteiger partial charge in [0.05, 0.1) is 5.69 Å². The molecule has 1 heterocycles. The normalized spacial score (nSPS) is 10.4. The van der Waals surface area contributed by atoms with Gasteiger partial charge >= 0.3 is 0 Å². The number of halogens is 1. The van der Waals surface area contributed by atoms with Crippen molar-refractivity contribution in [2.24, 2.45) is 0 Å². The highest BCUT2D eigenvalue weighted by atomic mass is 35.5. The van der Waals surface area contributed by atoms with Crippen molar-refractivity contribution in [2.45, 2.75) is 13.8 Å². The number of rotatable bonds is 5. The lowest BCUT2D eigenvalue weighted by Crippen LogP contribution is -2.21. The van der Waals surface area contributed by atoms with Gasteiger partial charge in [-0.2, -0.15) is 0 Å². The van der Waals surface area contributed by atoms with Crippen LogP contribution in [0.25, 0.3) is 0 Å². The fourth-order valence-corrected chi connectivity index (χ4v) is 2.98. The Morgan fingerprint density at radius 3 is 2.67 bits per heavy atom. The van der Waals surface area contributed by atoms with E-state index >= 15 is 0 Å². The van der Waals surface area contributed by atoms with E-state index in [-0.39, 0.29) is 18.4 Å². The minimum atomic E-state index is -0.347. The molecule has 2 aromatic rings. The summed E-state index contributed by atoms with van der Waals surface area (Å²) in [5, 5.41) is 3.66. The smallest absolute Gasteiger partial charge is 0.265 e. The van der Waals surface area contributed by atoms with Gasteiger partial charge in [-0.25, -0.2) is 4.98 Å². The third-order valence-electron chi connectivity index (χ3n) is 3.14. The van der Waals surface area contributed by atoms with E-state index in [1.807, 2.05) is 6.92 Å². The van der Waals surface area contributed by atoms with Crippen LogP contribution in [-0.4, -0.2) is 42.4 Å². The van der Waals surface area contributed by atoms with Crippen molar-refractivity contribution in [3.8, 4) is 5.75 Å². The zero-order valence-electron chi connectivity index (χ0n) is 13.8. The molecule has 0 aliphatic heterocycles. The molecule has 6 nitrogen and oxygen atoms in total. The molecule has 0 radical (unpaired) electrons. The Balaban J connectivity index is 1.96. The fourth-order valence-electron chi connectivity index (χ4n) is 1.86. The van der Waals surface area contributed by atoms with Crippen LogP contribution in [0.5, 0.6) is 5.75 Å². The second-order valence-electron chi connectivity index (χ2n) is 5.38. The maximum Gasteiger partial charge on any atom is 0.265 e. The Morgan fingerprint density at radius 1 is 1.33 bits per heavy atom. The molecule has 0 spiro atoms. The quantitative estimate of drug-likeness (QED) is 0.881. The van der Waals surface area contributed by atoms with Crippen LogP contribution in [0.1, 0.15) is 20.9 Å². The topological polar surface area (TPSA) is 71.5 Å². The van der Waals surface area contributed by atoms with E-state index in [0.29, 0.717) is 26.5 Å². The lowest BCUT2D eigenvalue weighted by molar-refractivity contribution is -0.118. The Bertz CT molecular complexity index is 774. The van der Waals surface area contributed by atoms with Crippen molar-refractivity contribution in [1.82, 2.24) is 9.88 Å². The highest BCUT2D eigenvalue weighted by Gasteiger charge is 2.18. The highest BCUT2D eigenvalue weighted by Crippen LogP contribution is 2.24. The van der Waals surface area contributed by atoms with Gasteiger partial charge in [-0.05, 0) is 37.6 Å². The molecule has 1 aromatic heterocycles. The number of aryl methyl sites for hydroxylation is 2. The number of hydrogen-bond donors (Lipinski definition) is 1. The summed E-state index contributed by atoms with van der Waals surface area (Å²) in [4.78, 5) is 30.1. The van der Waals surface area contributed by atoms with E-state index in [2.05, 4.69) is 10.3 Å². The largest absolute Gasteiger partial charge is 0.484 e. The van der Waals surface area contributed by atoms with Crippen molar-refractivity contribution in [1.29, 1.82) is 0 Å². The molecule has 1 N–H and O–H groups in total. The average Bonchev–Trinajstić information content (AvgIpc) is 2.88. The first-order valence-corrected chi connectivity index (χ1v) is 8.35. The van der Waals surface area contributed by atoms with Crippen LogP contribution in [0, 0.1) is 13.8 Å². The summed E-state index contributed by atoms with van der Waals surface area (Å²) in [5.74, 6) is 0.0736. The van der Waals surface area contributed by atoms with Crippen LogP contribution in [-0.2, 0) is 4.79 Å². The Hall–Kier alpha value is -2.12. The van der Waals surface area contributed by atoms with Gasteiger partial charge in [0.25, 0.3) is 11.8 Å². The number of thiazole rings is 1. The van der Waals surface area contributed by atoms with E-state index in [4.69, 9.17) is 16.3 Å². The second-order valence-corrected chi connectivity index (χ2v) is 6.79. The van der Waals surface area contributed by atoms with E-state index in [1.165, 1.54) is 4.90 Å². The Labute approximate surface area is 149 Å².